The highest BCUT2D eigenvalue weighted by Gasteiger charge is 2.36. The Balaban J connectivity index is 1.63. The van der Waals surface area contributed by atoms with Crippen LogP contribution in [0.4, 0.5) is 27.6 Å². The molecule has 1 aliphatic rings. The van der Waals surface area contributed by atoms with Gasteiger partial charge in [-0.15, -0.1) is 0 Å². The molecule has 0 aliphatic carbocycles. The largest absolute Gasteiger partial charge is 0.416 e. The number of benzene rings is 3. The highest BCUT2D eigenvalue weighted by atomic mass is 35.5. The van der Waals surface area contributed by atoms with Gasteiger partial charge in [-0.2, -0.15) is 18.4 Å². The number of imidazole rings is 1. The van der Waals surface area contributed by atoms with Gasteiger partial charge in [0, 0.05) is 51.9 Å². The molecule has 0 spiro atoms. The van der Waals surface area contributed by atoms with Gasteiger partial charge in [-0.25, -0.2) is 13.8 Å². The van der Waals surface area contributed by atoms with Crippen molar-refractivity contribution in [2.75, 3.05) is 5.32 Å². The summed E-state index contributed by atoms with van der Waals surface area (Å²) in [6.45, 7) is 0.0376. The van der Waals surface area contributed by atoms with E-state index in [4.69, 9.17) is 11.6 Å². The van der Waals surface area contributed by atoms with Crippen molar-refractivity contribution >= 4 is 29.1 Å². The van der Waals surface area contributed by atoms with Crippen LogP contribution in [0.25, 0.3) is 0 Å². The van der Waals surface area contributed by atoms with E-state index < -0.39 is 46.8 Å². The number of rotatable bonds is 5. The number of halogens is 6. The summed E-state index contributed by atoms with van der Waals surface area (Å²) in [4.78, 5) is 30.1. The summed E-state index contributed by atoms with van der Waals surface area (Å²) in [6, 6.07) is 8.74. The molecular formula is C27H15ClF5N5O2. The Labute approximate surface area is 227 Å². The van der Waals surface area contributed by atoms with Crippen LogP contribution < -0.4 is 10.6 Å². The van der Waals surface area contributed by atoms with Gasteiger partial charge in [0.1, 0.15) is 17.7 Å². The van der Waals surface area contributed by atoms with Crippen LogP contribution >= 0.6 is 11.6 Å². The van der Waals surface area contributed by atoms with Gasteiger partial charge in [-0.1, -0.05) is 11.6 Å². The third-order valence-corrected chi connectivity index (χ3v) is 6.57. The van der Waals surface area contributed by atoms with Gasteiger partial charge in [0.05, 0.1) is 11.6 Å². The second kappa shape index (κ2) is 10.1. The van der Waals surface area contributed by atoms with E-state index in [9.17, 15) is 36.8 Å². The molecule has 2 heterocycles. The second-order valence-corrected chi connectivity index (χ2v) is 9.26. The van der Waals surface area contributed by atoms with Crippen LogP contribution in [0.1, 0.15) is 54.8 Å². The summed E-state index contributed by atoms with van der Waals surface area (Å²) in [6.07, 6.45) is -1.99. The summed E-state index contributed by atoms with van der Waals surface area (Å²) in [5.74, 6) is -3.53. The van der Waals surface area contributed by atoms with Crippen LogP contribution in [-0.4, -0.2) is 21.4 Å². The molecule has 40 heavy (non-hydrogen) atoms. The predicted molar refractivity (Wildman–Crippen MR) is 133 cm³/mol. The molecule has 1 atom stereocenters. The molecule has 0 bridgehead atoms. The number of nitrogens with one attached hydrogen (secondary N) is 2. The number of hydrogen-bond acceptors (Lipinski definition) is 4. The number of hydrogen-bond donors (Lipinski definition) is 2. The molecule has 0 saturated carbocycles. The van der Waals surface area contributed by atoms with Crippen LogP contribution in [0.3, 0.4) is 0 Å². The van der Waals surface area contributed by atoms with Crippen molar-refractivity contribution < 1.29 is 31.5 Å². The zero-order valence-electron chi connectivity index (χ0n) is 20.0. The molecule has 4 aromatic rings. The predicted octanol–water partition coefficient (Wildman–Crippen LogP) is 5.84. The fraction of sp³-hybridized carbons (Fsp3) is 0.111. The number of nitriles is 1. The highest BCUT2D eigenvalue weighted by molar-refractivity contribution is 6.31. The van der Waals surface area contributed by atoms with Gasteiger partial charge >= 0.3 is 6.18 Å². The Morgan fingerprint density at radius 2 is 1.90 bits per heavy atom. The fourth-order valence-electron chi connectivity index (χ4n) is 4.48. The number of carbonyl (C=O) groups excluding carboxylic acids is 2. The Bertz CT molecular complexity index is 1730. The Kier molecular flexibility index (Phi) is 6.77. The summed E-state index contributed by atoms with van der Waals surface area (Å²) >= 11 is 6.29. The first-order valence-corrected chi connectivity index (χ1v) is 11.9. The monoisotopic (exact) mass is 571 g/mol. The quantitative estimate of drug-likeness (QED) is 0.294. The van der Waals surface area contributed by atoms with Crippen molar-refractivity contribution in [2.45, 2.75) is 18.8 Å². The number of aromatic nitrogens is 2. The Morgan fingerprint density at radius 3 is 2.62 bits per heavy atom. The lowest BCUT2D eigenvalue weighted by atomic mass is 9.94. The molecule has 0 radical (unpaired) electrons. The van der Waals surface area contributed by atoms with E-state index >= 15 is 0 Å². The lowest BCUT2D eigenvalue weighted by molar-refractivity contribution is -0.137. The maximum Gasteiger partial charge on any atom is 0.416 e. The van der Waals surface area contributed by atoms with E-state index in [-0.39, 0.29) is 45.8 Å². The van der Waals surface area contributed by atoms with E-state index in [1.54, 1.807) is 0 Å². The third kappa shape index (κ3) is 5.11. The zero-order valence-corrected chi connectivity index (χ0v) is 20.7. The number of nitrogens with zero attached hydrogens (tertiary/aromatic N) is 3. The molecule has 0 fully saturated rings. The van der Waals surface area contributed by atoms with Gasteiger partial charge in [0.25, 0.3) is 11.8 Å². The first-order valence-electron chi connectivity index (χ1n) is 11.5. The van der Waals surface area contributed by atoms with Crippen LogP contribution in [0.15, 0.2) is 60.9 Å². The average molecular weight is 572 g/mol. The second-order valence-electron chi connectivity index (χ2n) is 8.85. The molecule has 2 N–H and O–H groups in total. The minimum atomic E-state index is -4.91. The molecular weight excluding hydrogens is 557 g/mol. The third-order valence-electron chi connectivity index (χ3n) is 6.22. The van der Waals surface area contributed by atoms with E-state index in [0.717, 1.165) is 12.1 Å². The van der Waals surface area contributed by atoms with Crippen molar-refractivity contribution in [2.24, 2.45) is 0 Å². The number of anilines is 1. The maximum absolute atomic E-state index is 14.1. The number of fused-ring (bicyclic) bond motifs is 1. The molecule has 7 nitrogen and oxygen atoms in total. The minimum absolute atomic E-state index is 0.0161. The summed E-state index contributed by atoms with van der Waals surface area (Å²) in [7, 11) is 0. The molecule has 1 aliphatic heterocycles. The lowest BCUT2D eigenvalue weighted by Gasteiger charge is -2.19. The summed E-state index contributed by atoms with van der Waals surface area (Å²) < 4.78 is 69.4. The highest BCUT2D eigenvalue weighted by Crippen LogP contribution is 2.40. The van der Waals surface area contributed by atoms with Gasteiger partial charge in [-0.3, -0.25) is 9.59 Å². The molecule has 1 aromatic heterocycles. The average Bonchev–Trinajstić information content (AvgIpc) is 3.48. The molecule has 1 unspecified atom stereocenters. The molecule has 5 rings (SSSR count). The van der Waals surface area contributed by atoms with Crippen LogP contribution in [0, 0.1) is 23.0 Å². The van der Waals surface area contributed by atoms with Crippen molar-refractivity contribution in [3.8, 4) is 6.07 Å². The summed E-state index contributed by atoms with van der Waals surface area (Å²) in [5.41, 5.74) is -1.16. The van der Waals surface area contributed by atoms with Crippen LogP contribution in [0.2, 0.25) is 5.02 Å². The number of alkyl halides is 3. The number of carbonyl (C=O) groups is 2. The fourth-order valence-corrected chi connectivity index (χ4v) is 4.71. The van der Waals surface area contributed by atoms with E-state index in [1.807, 2.05) is 6.07 Å². The van der Waals surface area contributed by atoms with E-state index in [0.29, 0.717) is 17.7 Å². The Hall–Kier alpha value is -4.76. The van der Waals surface area contributed by atoms with Gasteiger partial charge in [-0.05, 0) is 54.1 Å². The summed E-state index contributed by atoms with van der Waals surface area (Å²) in [5, 5.41) is 14.6. The topological polar surface area (TPSA) is 99.8 Å². The van der Waals surface area contributed by atoms with Gasteiger partial charge < -0.3 is 15.2 Å². The molecule has 3 aromatic carbocycles. The van der Waals surface area contributed by atoms with Crippen LogP contribution in [-0.2, 0) is 12.7 Å². The van der Waals surface area contributed by atoms with Crippen LogP contribution in [0.5, 0.6) is 0 Å². The lowest BCUT2D eigenvalue weighted by Crippen LogP contribution is -2.21. The normalized spacial score (nSPS) is 14.4. The minimum Gasteiger partial charge on any atom is -0.341 e. The van der Waals surface area contributed by atoms with Crippen molar-refractivity contribution in [3.05, 3.63) is 117 Å². The maximum atomic E-state index is 14.1. The van der Waals surface area contributed by atoms with Crippen molar-refractivity contribution in [1.29, 1.82) is 5.26 Å². The standard InChI is InChI=1S/C27H15ClF5N5O2/c28-20-2-1-16(29)10-18(20)24-23-19(26(40)37-24)5-13(12-38-4-3-35-22(38)11-34)6-21(23)36-25(39)14-7-15(27(31,32)33)9-17(30)8-14/h1-10,24H,12H2,(H,36,39)(H,37,40). The van der Waals surface area contributed by atoms with E-state index in [1.165, 1.54) is 35.2 Å². The molecule has 2 amide bonds. The number of amides is 2. The van der Waals surface area contributed by atoms with Crippen molar-refractivity contribution in [1.82, 2.24) is 14.9 Å². The molecule has 202 valence electrons. The van der Waals surface area contributed by atoms with Gasteiger partial charge in [0.2, 0.25) is 5.82 Å². The van der Waals surface area contributed by atoms with E-state index in [2.05, 4.69) is 15.6 Å². The zero-order chi connectivity index (χ0) is 28.8. The Morgan fingerprint density at radius 1 is 1.12 bits per heavy atom. The molecule has 13 heteroatoms. The molecule has 0 saturated heterocycles. The SMILES string of the molecule is N#Cc1nccn1Cc1cc(NC(=O)c2cc(F)cc(C(F)(F)F)c2)c2c(c1)C(=O)NC2c1cc(F)ccc1Cl. The van der Waals surface area contributed by atoms with Gasteiger partial charge in [0.15, 0.2) is 0 Å². The first-order chi connectivity index (χ1) is 18.9. The smallest absolute Gasteiger partial charge is 0.341 e. The first kappa shape index (κ1) is 26.8. The van der Waals surface area contributed by atoms with Crippen molar-refractivity contribution in [3.63, 3.8) is 0 Å².